The van der Waals surface area contributed by atoms with Crippen LogP contribution in [0.15, 0.2) is 42.5 Å². The van der Waals surface area contributed by atoms with Gasteiger partial charge in [0, 0.05) is 31.7 Å². The lowest BCUT2D eigenvalue weighted by molar-refractivity contribution is -0.122. The summed E-state index contributed by atoms with van der Waals surface area (Å²) in [5, 5.41) is 6.04. The number of hydrogen-bond acceptors (Lipinski definition) is 2. The number of nitrogens with one attached hydrogen (secondary N) is 2. The van der Waals surface area contributed by atoms with E-state index in [4.69, 9.17) is 0 Å². The van der Waals surface area contributed by atoms with E-state index in [9.17, 15) is 9.59 Å². The first-order chi connectivity index (χ1) is 13.9. The smallest absolute Gasteiger partial charge is 0.321 e. The highest BCUT2D eigenvalue weighted by Gasteiger charge is 2.24. The number of likely N-dealkylation sites (tertiary alicyclic amines) is 1. The second kappa shape index (κ2) is 9.59. The van der Waals surface area contributed by atoms with Gasteiger partial charge in [0.2, 0.25) is 5.91 Å². The molecule has 5 nitrogen and oxygen atoms in total. The average Bonchev–Trinajstić information content (AvgIpc) is 2.71. The lowest BCUT2D eigenvalue weighted by Gasteiger charge is -2.32. The average molecular weight is 394 g/mol. The van der Waals surface area contributed by atoms with Gasteiger partial charge in [-0.1, -0.05) is 42.0 Å². The Bertz CT molecular complexity index is 853. The Balaban J connectivity index is 1.41. The van der Waals surface area contributed by atoms with E-state index in [1.54, 1.807) is 0 Å². The van der Waals surface area contributed by atoms with Crippen molar-refractivity contribution >= 4 is 17.6 Å². The summed E-state index contributed by atoms with van der Waals surface area (Å²) in [6, 6.07) is 14.1. The fourth-order valence-electron chi connectivity index (χ4n) is 3.66. The number of benzene rings is 2. The summed E-state index contributed by atoms with van der Waals surface area (Å²) in [6.07, 6.45) is 2.24. The molecule has 1 saturated heterocycles. The number of carbonyl (C=O) groups excluding carboxylic acids is 2. The normalized spacial score (nSPS) is 14.5. The highest BCUT2D eigenvalue weighted by molar-refractivity contribution is 5.90. The van der Waals surface area contributed by atoms with E-state index >= 15 is 0 Å². The Hall–Kier alpha value is -2.82. The Kier molecular flexibility index (Phi) is 6.91. The van der Waals surface area contributed by atoms with Gasteiger partial charge in [-0.15, -0.1) is 0 Å². The van der Waals surface area contributed by atoms with E-state index in [0.717, 1.165) is 35.2 Å². The van der Waals surface area contributed by atoms with Gasteiger partial charge in [0.15, 0.2) is 0 Å². The molecule has 0 unspecified atom stereocenters. The molecule has 0 radical (unpaired) electrons. The molecule has 0 bridgehead atoms. The molecule has 0 aromatic heterocycles. The van der Waals surface area contributed by atoms with Crippen LogP contribution >= 0.6 is 0 Å². The van der Waals surface area contributed by atoms with Gasteiger partial charge in [0.1, 0.15) is 0 Å². The minimum Gasteiger partial charge on any atom is -0.352 e. The predicted octanol–water partition coefficient (Wildman–Crippen LogP) is 4.56. The van der Waals surface area contributed by atoms with Gasteiger partial charge in [0.25, 0.3) is 0 Å². The Morgan fingerprint density at radius 2 is 1.69 bits per heavy atom. The zero-order chi connectivity index (χ0) is 20.8. The second-order valence-electron chi connectivity index (χ2n) is 8.07. The summed E-state index contributed by atoms with van der Waals surface area (Å²) in [5.74, 6) is 0.418. The standard InChI is InChI=1S/C24H31N3O2/c1-17-7-9-21(10-8-17)16-25-23(28)15-20-11-13-27(14-12-20)24(29)26-22-6-4-5-18(2)19(22)3/h4-10,20H,11-16H2,1-3H3,(H,25,28)(H,26,29). The van der Waals surface area contributed by atoms with Crippen LogP contribution in [0.1, 0.15) is 41.5 Å². The summed E-state index contributed by atoms with van der Waals surface area (Å²) in [5.41, 5.74) is 5.46. The highest BCUT2D eigenvalue weighted by Crippen LogP contribution is 2.23. The van der Waals surface area contributed by atoms with Crippen LogP contribution < -0.4 is 10.6 Å². The van der Waals surface area contributed by atoms with Gasteiger partial charge in [-0.05, 0) is 62.3 Å². The van der Waals surface area contributed by atoms with Crippen LogP contribution in [0, 0.1) is 26.7 Å². The van der Waals surface area contributed by atoms with Gasteiger partial charge >= 0.3 is 6.03 Å². The first-order valence-corrected chi connectivity index (χ1v) is 10.4. The summed E-state index contributed by atoms with van der Waals surface area (Å²) in [6.45, 7) is 8.05. The van der Waals surface area contributed by atoms with E-state index in [2.05, 4.69) is 29.7 Å². The van der Waals surface area contributed by atoms with E-state index in [0.29, 0.717) is 32.0 Å². The summed E-state index contributed by atoms with van der Waals surface area (Å²) in [4.78, 5) is 26.7. The third-order valence-corrected chi connectivity index (χ3v) is 5.83. The monoisotopic (exact) mass is 393 g/mol. The fraction of sp³-hybridized carbons (Fsp3) is 0.417. The van der Waals surface area contributed by atoms with Crippen LogP contribution in [0.2, 0.25) is 0 Å². The molecule has 2 aromatic carbocycles. The zero-order valence-corrected chi connectivity index (χ0v) is 17.6. The number of urea groups is 1. The highest BCUT2D eigenvalue weighted by atomic mass is 16.2. The molecule has 2 N–H and O–H groups in total. The number of amides is 3. The fourth-order valence-corrected chi connectivity index (χ4v) is 3.66. The minimum absolute atomic E-state index is 0.0547. The van der Waals surface area contributed by atoms with Crippen molar-refractivity contribution in [3.8, 4) is 0 Å². The Morgan fingerprint density at radius 3 is 2.38 bits per heavy atom. The minimum atomic E-state index is -0.0547. The van der Waals surface area contributed by atoms with Crippen LogP contribution in [-0.4, -0.2) is 29.9 Å². The molecule has 0 atom stereocenters. The molecule has 154 valence electrons. The van der Waals surface area contributed by atoms with Crippen molar-refractivity contribution in [3.05, 3.63) is 64.7 Å². The number of carbonyl (C=O) groups is 2. The van der Waals surface area contributed by atoms with Crippen molar-refractivity contribution in [3.63, 3.8) is 0 Å². The Morgan fingerprint density at radius 1 is 1.00 bits per heavy atom. The Labute approximate surface area is 173 Å². The van der Waals surface area contributed by atoms with Crippen molar-refractivity contribution in [1.29, 1.82) is 0 Å². The van der Waals surface area contributed by atoms with Crippen LogP contribution in [0.3, 0.4) is 0 Å². The molecular formula is C24H31N3O2. The van der Waals surface area contributed by atoms with Gasteiger partial charge in [-0.2, -0.15) is 0 Å². The SMILES string of the molecule is Cc1ccc(CNC(=O)CC2CCN(C(=O)Nc3cccc(C)c3C)CC2)cc1. The molecule has 2 aromatic rings. The molecule has 1 aliphatic rings. The molecule has 1 aliphatic heterocycles. The molecule has 0 spiro atoms. The first-order valence-electron chi connectivity index (χ1n) is 10.4. The quantitative estimate of drug-likeness (QED) is 0.782. The number of piperidine rings is 1. The molecular weight excluding hydrogens is 362 g/mol. The molecule has 1 heterocycles. The lowest BCUT2D eigenvalue weighted by atomic mass is 9.93. The van der Waals surface area contributed by atoms with Crippen LogP contribution in [0.4, 0.5) is 10.5 Å². The molecule has 5 heteroatoms. The summed E-state index contributed by atoms with van der Waals surface area (Å²) in [7, 11) is 0. The van der Waals surface area contributed by atoms with Crippen molar-refractivity contribution in [2.45, 2.75) is 46.6 Å². The maximum atomic E-state index is 12.6. The number of anilines is 1. The van der Waals surface area contributed by atoms with Crippen LogP contribution in [0.25, 0.3) is 0 Å². The van der Waals surface area contributed by atoms with Crippen molar-refractivity contribution in [1.82, 2.24) is 10.2 Å². The molecule has 3 rings (SSSR count). The van der Waals surface area contributed by atoms with Gasteiger partial charge < -0.3 is 15.5 Å². The number of nitrogens with zero attached hydrogens (tertiary/aromatic N) is 1. The van der Waals surface area contributed by atoms with E-state index in [1.165, 1.54) is 5.56 Å². The van der Waals surface area contributed by atoms with Crippen LogP contribution in [0.5, 0.6) is 0 Å². The van der Waals surface area contributed by atoms with E-state index < -0.39 is 0 Å². The number of aryl methyl sites for hydroxylation is 2. The van der Waals surface area contributed by atoms with Gasteiger partial charge in [0.05, 0.1) is 0 Å². The van der Waals surface area contributed by atoms with Crippen molar-refractivity contribution in [2.24, 2.45) is 5.92 Å². The molecule has 3 amide bonds. The number of hydrogen-bond donors (Lipinski definition) is 2. The maximum absolute atomic E-state index is 12.6. The van der Waals surface area contributed by atoms with Gasteiger partial charge in [-0.3, -0.25) is 4.79 Å². The third kappa shape index (κ3) is 5.83. The predicted molar refractivity (Wildman–Crippen MR) is 117 cm³/mol. The van der Waals surface area contributed by atoms with Crippen LogP contribution in [-0.2, 0) is 11.3 Å². The molecule has 0 aliphatic carbocycles. The molecule has 1 fully saturated rings. The first kappa shape index (κ1) is 20.9. The maximum Gasteiger partial charge on any atom is 0.321 e. The van der Waals surface area contributed by atoms with E-state index in [-0.39, 0.29) is 11.9 Å². The lowest BCUT2D eigenvalue weighted by Crippen LogP contribution is -2.42. The summed E-state index contributed by atoms with van der Waals surface area (Å²) < 4.78 is 0. The van der Waals surface area contributed by atoms with Gasteiger partial charge in [-0.25, -0.2) is 4.79 Å². The topological polar surface area (TPSA) is 61.4 Å². The zero-order valence-electron chi connectivity index (χ0n) is 17.6. The second-order valence-corrected chi connectivity index (χ2v) is 8.07. The number of rotatable bonds is 5. The molecule has 29 heavy (non-hydrogen) atoms. The van der Waals surface area contributed by atoms with Crippen molar-refractivity contribution in [2.75, 3.05) is 18.4 Å². The summed E-state index contributed by atoms with van der Waals surface area (Å²) >= 11 is 0. The third-order valence-electron chi connectivity index (χ3n) is 5.83. The molecule has 0 saturated carbocycles. The largest absolute Gasteiger partial charge is 0.352 e. The van der Waals surface area contributed by atoms with Crippen molar-refractivity contribution < 1.29 is 9.59 Å². The van der Waals surface area contributed by atoms with E-state index in [1.807, 2.05) is 49.1 Å².